The number of rotatable bonds is 2. The van der Waals surface area contributed by atoms with Crippen LogP contribution in [0.25, 0.3) is 0 Å². The molecule has 6 heteroatoms. The van der Waals surface area contributed by atoms with Gasteiger partial charge in [-0.15, -0.1) is 0 Å². The van der Waals surface area contributed by atoms with Crippen molar-refractivity contribution in [3.05, 3.63) is 18.1 Å². The molecule has 4 nitrogen and oxygen atoms in total. The van der Waals surface area contributed by atoms with Gasteiger partial charge in [0.2, 0.25) is 0 Å². The lowest BCUT2D eigenvalue weighted by Crippen LogP contribution is -2.41. The maximum absolute atomic E-state index is 14.7. The first-order valence-electron chi connectivity index (χ1n) is 8.49. The zero-order valence-electron chi connectivity index (χ0n) is 14.7. The molecule has 2 saturated heterocycles. The number of aromatic nitrogens is 1. The lowest BCUT2D eigenvalue weighted by Gasteiger charge is -2.34. The van der Waals surface area contributed by atoms with Crippen molar-refractivity contribution in [2.24, 2.45) is 0 Å². The number of halogens is 1. The van der Waals surface area contributed by atoms with Gasteiger partial charge in [-0.3, -0.25) is 0 Å². The first-order valence-corrected chi connectivity index (χ1v) is 8.49. The van der Waals surface area contributed by atoms with E-state index >= 15 is 0 Å². The van der Waals surface area contributed by atoms with Crippen LogP contribution >= 0.6 is 0 Å². The van der Waals surface area contributed by atoms with Crippen LogP contribution in [-0.4, -0.2) is 35.9 Å². The lowest BCUT2D eigenvalue weighted by atomic mass is 9.80. The summed E-state index contributed by atoms with van der Waals surface area (Å²) in [5.41, 5.74) is -0.592. The summed E-state index contributed by atoms with van der Waals surface area (Å²) in [6.07, 6.45) is 5.05. The molecule has 0 N–H and O–H groups in total. The third-order valence-corrected chi connectivity index (χ3v) is 5.47. The Morgan fingerprint density at radius 1 is 1.22 bits per heavy atom. The van der Waals surface area contributed by atoms with E-state index in [0.29, 0.717) is 17.3 Å². The highest BCUT2D eigenvalue weighted by atomic mass is 19.1. The number of anilines is 1. The molecule has 2 fully saturated rings. The minimum atomic E-state index is -0.708. The smallest absolute Gasteiger partial charge is 0.399 e. The Morgan fingerprint density at radius 3 is 2.43 bits per heavy atom. The van der Waals surface area contributed by atoms with Gasteiger partial charge < -0.3 is 14.2 Å². The summed E-state index contributed by atoms with van der Waals surface area (Å²) in [5, 5.41) is 0. The Labute approximate surface area is 138 Å². The molecule has 0 aromatic carbocycles. The average molecular weight is 320 g/mol. The highest BCUT2D eigenvalue weighted by Crippen LogP contribution is 2.36. The summed E-state index contributed by atoms with van der Waals surface area (Å²) < 4.78 is 26.5. The molecule has 0 radical (unpaired) electrons. The molecule has 0 aliphatic carbocycles. The van der Waals surface area contributed by atoms with E-state index in [1.165, 1.54) is 12.5 Å². The summed E-state index contributed by atoms with van der Waals surface area (Å²) in [5.74, 6) is 0.390. The molecule has 0 bridgehead atoms. The van der Waals surface area contributed by atoms with Crippen LogP contribution in [0.2, 0.25) is 0 Å². The third kappa shape index (κ3) is 2.99. The summed E-state index contributed by atoms with van der Waals surface area (Å²) in [6, 6.07) is 1.92. The molecule has 2 aliphatic heterocycles. The molecule has 1 aromatic rings. The standard InChI is InChI=1S/C17H26BFN2O2/c1-12-8-6-7-9-21(12)15-10-14(19)13(11-20-15)18-22-16(2,3)17(4,5)23-18/h10-12H,6-9H2,1-5H3. The largest absolute Gasteiger partial charge is 0.499 e. The van der Waals surface area contributed by atoms with Gasteiger partial charge in [-0.1, -0.05) is 0 Å². The van der Waals surface area contributed by atoms with Gasteiger partial charge in [0, 0.05) is 30.3 Å². The fourth-order valence-corrected chi connectivity index (χ4v) is 3.17. The quantitative estimate of drug-likeness (QED) is 0.785. The van der Waals surface area contributed by atoms with E-state index in [2.05, 4.69) is 16.8 Å². The molecule has 23 heavy (non-hydrogen) atoms. The van der Waals surface area contributed by atoms with Crippen molar-refractivity contribution in [2.75, 3.05) is 11.4 Å². The van der Waals surface area contributed by atoms with Gasteiger partial charge in [0.15, 0.2) is 0 Å². The number of nitrogens with zero attached hydrogens (tertiary/aromatic N) is 2. The van der Waals surface area contributed by atoms with E-state index in [1.54, 1.807) is 6.20 Å². The molecule has 1 atom stereocenters. The first-order chi connectivity index (χ1) is 10.7. The van der Waals surface area contributed by atoms with Crippen LogP contribution in [0.4, 0.5) is 10.2 Å². The molecule has 0 saturated carbocycles. The second-order valence-electron chi connectivity index (χ2n) is 7.69. The predicted molar refractivity (Wildman–Crippen MR) is 90.6 cm³/mol. The van der Waals surface area contributed by atoms with Crippen molar-refractivity contribution in [3.63, 3.8) is 0 Å². The van der Waals surface area contributed by atoms with E-state index in [9.17, 15) is 4.39 Å². The summed E-state index contributed by atoms with van der Waals surface area (Å²) in [7, 11) is -0.708. The van der Waals surface area contributed by atoms with Gasteiger partial charge in [-0.25, -0.2) is 9.37 Å². The van der Waals surface area contributed by atoms with E-state index < -0.39 is 18.3 Å². The summed E-state index contributed by atoms with van der Waals surface area (Å²) in [6.45, 7) is 10.9. The van der Waals surface area contributed by atoms with Gasteiger partial charge in [-0.2, -0.15) is 0 Å². The van der Waals surface area contributed by atoms with Crippen LogP contribution in [0.1, 0.15) is 53.9 Å². The Kier molecular flexibility index (Phi) is 4.17. The molecule has 1 unspecified atom stereocenters. The highest BCUT2D eigenvalue weighted by molar-refractivity contribution is 6.62. The van der Waals surface area contributed by atoms with Crippen molar-refractivity contribution in [3.8, 4) is 0 Å². The maximum atomic E-state index is 14.7. The van der Waals surface area contributed by atoms with Crippen molar-refractivity contribution in [2.45, 2.75) is 71.1 Å². The van der Waals surface area contributed by atoms with E-state index in [4.69, 9.17) is 9.31 Å². The van der Waals surface area contributed by atoms with Gasteiger partial charge >= 0.3 is 7.12 Å². The van der Waals surface area contributed by atoms with E-state index in [1.807, 2.05) is 27.7 Å². The van der Waals surface area contributed by atoms with Crippen LogP contribution in [0.5, 0.6) is 0 Å². The lowest BCUT2D eigenvalue weighted by molar-refractivity contribution is 0.00578. The van der Waals surface area contributed by atoms with Crippen molar-refractivity contribution in [1.29, 1.82) is 0 Å². The molecule has 126 valence electrons. The maximum Gasteiger partial charge on any atom is 0.499 e. The zero-order valence-corrected chi connectivity index (χ0v) is 14.7. The van der Waals surface area contributed by atoms with E-state index in [-0.39, 0.29) is 5.82 Å². The summed E-state index contributed by atoms with van der Waals surface area (Å²) >= 11 is 0. The Morgan fingerprint density at radius 2 is 1.87 bits per heavy atom. The van der Waals surface area contributed by atoms with Gasteiger partial charge in [0.25, 0.3) is 0 Å². The normalized spacial score (nSPS) is 26.6. The molecule has 1 aromatic heterocycles. The molecule has 3 heterocycles. The minimum Gasteiger partial charge on any atom is -0.399 e. The average Bonchev–Trinajstić information content (AvgIpc) is 2.67. The van der Waals surface area contributed by atoms with Crippen LogP contribution in [0.15, 0.2) is 12.3 Å². The first kappa shape index (κ1) is 16.7. The Balaban J connectivity index is 1.83. The number of pyridine rings is 1. The van der Waals surface area contributed by atoms with Crippen molar-refractivity contribution in [1.82, 2.24) is 4.98 Å². The molecular formula is C17H26BFN2O2. The Bertz CT molecular complexity index is 578. The summed E-state index contributed by atoms with van der Waals surface area (Å²) in [4.78, 5) is 6.66. The third-order valence-electron chi connectivity index (χ3n) is 5.47. The van der Waals surface area contributed by atoms with Crippen LogP contribution in [0.3, 0.4) is 0 Å². The fraction of sp³-hybridized carbons (Fsp3) is 0.706. The SMILES string of the molecule is CC1CCCCN1c1cc(F)c(B2OC(C)(C)C(C)(C)O2)cn1. The van der Waals surface area contributed by atoms with Gasteiger partial charge in [0.1, 0.15) is 11.6 Å². The monoisotopic (exact) mass is 320 g/mol. The topological polar surface area (TPSA) is 34.6 Å². The van der Waals surface area contributed by atoms with Gasteiger partial charge in [-0.05, 0) is 53.9 Å². The molecule has 0 amide bonds. The molecule has 2 aliphatic rings. The number of hydrogen-bond acceptors (Lipinski definition) is 4. The second kappa shape index (κ2) is 5.74. The van der Waals surface area contributed by atoms with Crippen molar-refractivity contribution >= 4 is 18.4 Å². The van der Waals surface area contributed by atoms with Gasteiger partial charge in [0.05, 0.1) is 11.2 Å². The number of piperidine rings is 1. The number of hydrogen-bond donors (Lipinski definition) is 0. The van der Waals surface area contributed by atoms with Crippen molar-refractivity contribution < 1.29 is 13.7 Å². The van der Waals surface area contributed by atoms with E-state index in [0.717, 1.165) is 19.4 Å². The van der Waals surface area contributed by atoms with Crippen LogP contribution < -0.4 is 10.4 Å². The molecule has 3 rings (SSSR count). The second-order valence-corrected chi connectivity index (χ2v) is 7.69. The minimum absolute atomic E-state index is 0.314. The highest BCUT2D eigenvalue weighted by Gasteiger charge is 2.52. The fourth-order valence-electron chi connectivity index (χ4n) is 3.17. The molecular weight excluding hydrogens is 294 g/mol. The zero-order chi connectivity index (χ0) is 16.8. The van der Waals surface area contributed by atoms with Crippen LogP contribution in [0, 0.1) is 5.82 Å². The molecule has 0 spiro atoms. The Hall–Kier alpha value is -1.14. The predicted octanol–water partition coefficient (Wildman–Crippen LogP) is 2.90. The van der Waals surface area contributed by atoms with Crippen LogP contribution in [-0.2, 0) is 9.31 Å².